The molecule has 1 saturated heterocycles. The first-order valence-corrected chi connectivity index (χ1v) is 14.4. The highest BCUT2D eigenvalue weighted by Crippen LogP contribution is 2.68. The Labute approximate surface area is 212 Å². The van der Waals surface area contributed by atoms with Crippen molar-refractivity contribution in [2.45, 2.75) is 117 Å². The van der Waals surface area contributed by atoms with Crippen LogP contribution >= 0.6 is 0 Å². The molecule has 1 heterocycles. The Balaban J connectivity index is 1.31. The van der Waals surface area contributed by atoms with Crippen molar-refractivity contribution in [3.8, 4) is 0 Å². The van der Waals surface area contributed by atoms with Gasteiger partial charge in [-0.3, -0.25) is 4.79 Å². The van der Waals surface area contributed by atoms with Gasteiger partial charge >= 0.3 is 11.9 Å². The Kier molecular flexibility index (Phi) is 6.42. The Morgan fingerprint density at radius 3 is 2.49 bits per heavy atom. The molecule has 5 nitrogen and oxygen atoms in total. The van der Waals surface area contributed by atoms with Crippen molar-refractivity contribution in [2.24, 2.45) is 34.5 Å². The average molecular weight is 486 g/mol. The van der Waals surface area contributed by atoms with Crippen molar-refractivity contribution < 1.29 is 19.1 Å². The number of carbonyl (C=O) groups is 2. The molecule has 5 aliphatic rings. The second-order valence-corrected chi connectivity index (χ2v) is 12.9. The molecule has 0 N–H and O–H groups in total. The van der Waals surface area contributed by atoms with Crippen LogP contribution in [0.5, 0.6) is 0 Å². The quantitative estimate of drug-likeness (QED) is 0.358. The third-order valence-electron chi connectivity index (χ3n) is 11.8. The lowest BCUT2D eigenvalue weighted by Crippen LogP contribution is -2.52. The SMILES string of the molecule is CCC(CC)(OC(C)=O)C(=O)O[C@H]1CC[C@@]2(C)C(=CC[C@H]3C4CC[C@@H]5[C@H](C)N(C)C[C@]45CC[C@@H]32)C1. The molecule has 1 aliphatic heterocycles. The van der Waals surface area contributed by atoms with Gasteiger partial charge in [-0.05, 0) is 106 Å². The molecule has 5 rings (SSSR count). The fourth-order valence-corrected chi connectivity index (χ4v) is 9.79. The predicted octanol–water partition coefficient (Wildman–Crippen LogP) is 5.91. The monoisotopic (exact) mass is 485 g/mol. The van der Waals surface area contributed by atoms with Gasteiger partial charge in [0.25, 0.3) is 0 Å². The maximum atomic E-state index is 13.2. The van der Waals surface area contributed by atoms with Gasteiger partial charge in [0.05, 0.1) is 0 Å². The zero-order chi connectivity index (χ0) is 25.2. The van der Waals surface area contributed by atoms with Crippen LogP contribution in [0.2, 0.25) is 0 Å². The second-order valence-electron chi connectivity index (χ2n) is 12.9. The van der Waals surface area contributed by atoms with Crippen LogP contribution in [0, 0.1) is 34.5 Å². The van der Waals surface area contributed by atoms with Gasteiger partial charge in [0.15, 0.2) is 0 Å². The van der Waals surface area contributed by atoms with Gasteiger partial charge in [0.2, 0.25) is 5.60 Å². The molecule has 0 aromatic heterocycles. The van der Waals surface area contributed by atoms with E-state index in [-0.39, 0.29) is 17.5 Å². The van der Waals surface area contributed by atoms with E-state index in [1.54, 1.807) is 0 Å². The zero-order valence-electron chi connectivity index (χ0n) is 22.9. The van der Waals surface area contributed by atoms with Crippen LogP contribution in [0.25, 0.3) is 0 Å². The van der Waals surface area contributed by atoms with Gasteiger partial charge in [-0.25, -0.2) is 4.79 Å². The van der Waals surface area contributed by atoms with E-state index in [1.165, 1.54) is 51.1 Å². The zero-order valence-corrected chi connectivity index (χ0v) is 22.9. The second kappa shape index (κ2) is 8.89. The Morgan fingerprint density at radius 1 is 1.09 bits per heavy atom. The molecular weight excluding hydrogens is 438 g/mol. The van der Waals surface area contributed by atoms with Gasteiger partial charge in [0.1, 0.15) is 6.10 Å². The molecule has 35 heavy (non-hydrogen) atoms. The normalized spacial score (nSPS) is 42.9. The minimum absolute atomic E-state index is 0.110. The van der Waals surface area contributed by atoms with Crippen LogP contribution < -0.4 is 0 Å². The minimum Gasteiger partial charge on any atom is -0.459 e. The van der Waals surface area contributed by atoms with E-state index < -0.39 is 11.6 Å². The van der Waals surface area contributed by atoms with Crippen LogP contribution in [-0.4, -0.2) is 48.2 Å². The largest absolute Gasteiger partial charge is 0.459 e. The van der Waals surface area contributed by atoms with Gasteiger partial charge in [-0.1, -0.05) is 32.4 Å². The van der Waals surface area contributed by atoms with Crippen LogP contribution in [-0.2, 0) is 19.1 Å². The van der Waals surface area contributed by atoms with Gasteiger partial charge in [-0.15, -0.1) is 0 Å². The van der Waals surface area contributed by atoms with E-state index in [4.69, 9.17) is 9.47 Å². The molecule has 5 heteroatoms. The van der Waals surface area contributed by atoms with Gasteiger partial charge < -0.3 is 14.4 Å². The lowest BCUT2D eigenvalue weighted by atomic mass is 9.47. The number of rotatable bonds is 5. The number of hydrogen-bond donors (Lipinski definition) is 0. The molecular formula is C30H47NO4. The smallest absolute Gasteiger partial charge is 0.350 e. The highest BCUT2D eigenvalue weighted by molar-refractivity contribution is 5.83. The van der Waals surface area contributed by atoms with Crippen LogP contribution in [0.3, 0.4) is 0 Å². The fourth-order valence-electron chi connectivity index (χ4n) is 9.79. The van der Waals surface area contributed by atoms with Gasteiger partial charge in [-0.2, -0.15) is 0 Å². The molecule has 0 bridgehead atoms. The first-order chi connectivity index (χ1) is 16.6. The summed E-state index contributed by atoms with van der Waals surface area (Å²) in [4.78, 5) is 27.5. The summed E-state index contributed by atoms with van der Waals surface area (Å²) in [5, 5.41) is 0. The van der Waals surface area contributed by atoms with E-state index in [1.807, 2.05) is 13.8 Å². The lowest BCUT2D eigenvalue weighted by Gasteiger charge is -2.58. The summed E-state index contributed by atoms with van der Waals surface area (Å²) in [6.07, 6.45) is 13.0. The van der Waals surface area contributed by atoms with E-state index in [2.05, 4.69) is 31.9 Å². The molecule has 3 saturated carbocycles. The summed E-state index contributed by atoms with van der Waals surface area (Å²) in [6, 6.07) is 0.734. The maximum Gasteiger partial charge on any atom is 0.350 e. The number of nitrogens with zero attached hydrogens (tertiary/aromatic N) is 1. The summed E-state index contributed by atoms with van der Waals surface area (Å²) >= 11 is 0. The number of ether oxygens (including phenoxy) is 2. The van der Waals surface area contributed by atoms with Crippen LogP contribution in [0.4, 0.5) is 0 Å². The molecule has 0 aromatic rings. The van der Waals surface area contributed by atoms with E-state index in [9.17, 15) is 9.59 Å². The molecule has 8 atom stereocenters. The topological polar surface area (TPSA) is 55.8 Å². The molecule has 4 aliphatic carbocycles. The average Bonchev–Trinajstić information content (AvgIpc) is 3.31. The molecule has 0 radical (unpaired) electrons. The molecule has 0 aromatic carbocycles. The molecule has 0 amide bonds. The van der Waals surface area contributed by atoms with E-state index in [0.29, 0.717) is 18.3 Å². The number of fused-ring (bicyclic) bond motifs is 4. The summed E-state index contributed by atoms with van der Waals surface area (Å²) in [6.45, 7) is 11.4. The lowest BCUT2D eigenvalue weighted by molar-refractivity contribution is -0.188. The predicted molar refractivity (Wildman–Crippen MR) is 137 cm³/mol. The number of carbonyl (C=O) groups excluding carboxylic acids is 2. The Morgan fingerprint density at radius 2 is 1.80 bits per heavy atom. The first-order valence-electron chi connectivity index (χ1n) is 14.4. The van der Waals surface area contributed by atoms with Crippen LogP contribution in [0.15, 0.2) is 11.6 Å². The van der Waals surface area contributed by atoms with Crippen LogP contribution in [0.1, 0.15) is 98.8 Å². The standard InChI is InChI=1S/C30H47NO4/c1-7-30(8-2,35-20(4)32)27(33)34-22-13-15-28(5)21(17-22)9-10-23-25(28)14-16-29-18-31(6)19(3)24(29)11-12-26(23)29/h9,19,22-26H,7-8,10-18H2,1-6H3/t19-,22-,23+,24+,25-,26?,28-,29-/m0/s1. The minimum atomic E-state index is -1.15. The van der Waals surface area contributed by atoms with Crippen molar-refractivity contribution in [1.29, 1.82) is 0 Å². The Hall–Kier alpha value is -1.36. The molecule has 1 unspecified atom stereocenters. The fraction of sp³-hybridized carbons (Fsp3) is 0.867. The molecule has 196 valence electrons. The van der Waals surface area contributed by atoms with Crippen molar-refractivity contribution in [3.05, 3.63) is 11.6 Å². The third-order valence-corrected chi connectivity index (χ3v) is 11.8. The van der Waals surface area contributed by atoms with Crippen molar-refractivity contribution in [2.75, 3.05) is 13.6 Å². The van der Waals surface area contributed by atoms with E-state index >= 15 is 0 Å². The highest BCUT2D eigenvalue weighted by atomic mass is 16.6. The summed E-state index contributed by atoms with van der Waals surface area (Å²) in [7, 11) is 2.34. The number of hydrogen-bond acceptors (Lipinski definition) is 5. The van der Waals surface area contributed by atoms with Crippen molar-refractivity contribution >= 4 is 11.9 Å². The summed E-state index contributed by atoms with van der Waals surface area (Å²) in [5.74, 6) is 2.56. The first kappa shape index (κ1) is 25.3. The number of esters is 2. The summed E-state index contributed by atoms with van der Waals surface area (Å²) in [5.41, 5.74) is 1.17. The van der Waals surface area contributed by atoms with Crippen molar-refractivity contribution in [1.82, 2.24) is 4.90 Å². The Bertz CT molecular complexity index is 893. The van der Waals surface area contributed by atoms with E-state index in [0.717, 1.165) is 49.0 Å². The summed E-state index contributed by atoms with van der Waals surface area (Å²) < 4.78 is 11.5. The number of allylic oxidation sites excluding steroid dienone is 1. The van der Waals surface area contributed by atoms with Gasteiger partial charge in [0, 0.05) is 25.9 Å². The highest BCUT2D eigenvalue weighted by Gasteiger charge is 2.64. The van der Waals surface area contributed by atoms with Crippen molar-refractivity contribution in [3.63, 3.8) is 0 Å². The number of likely N-dealkylation sites (tertiary alicyclic amines) is 1. The molecule has 1 spiro atoms. The maximum absolute atomic E-state index is 13.2. The third kappa shape index (κ3) is 3.73. The molecule has 4 fully saturated rings.